The van der Waals surface area contributed by atoms with Crippen LogP contribution in [0.3, 0.4) is 0 Å². The van der Waals surface area contributed by atoms with Gasteiger partial charge in [-0.2, -0.15) is 5.10 Å². The molecule has 0 radical (unpaired) electrons. The number of benzene rings is 1. The molecule has 0 saturated carbocycles. The normalized spacial score (nSPS) is 11.4. The van der Waals surface area contributed by atoms with Crippen molar-refractivity contribution in [2.24, 2.45) is 7.05 Å². The van der Waals surface area contributed by atoms with Gasteiger partial charge < -0.3 is 15.4 Å². The number of rotatable bonds is 7. The van der Waals surface area contributed by atoms with Crippen molar-refractivity contribution in [1.82, 2.24) is 20.4 Å². The molecule has 0 saturated heterocycles. The van der Waals surface area contributed by atoms with Crippen molar-refractivity contribution in [3.05, 3.63) is 47.8 Å². The van der Waals surface area contributed by atoms with E-state index in [9.17, 15) is 4.79 Å². The number of ether oxygens (including phenoxy) is 1. The summed E-state index contributed by atoms with van der Waals surface area (Å²) in [7, 11) is 1.85. The van der Waals surface area contributed by atoms with E-state index in [1.54, 1.807) is 10.9 Å². The van der Waals surface area contributed by atoms with Crippen LogP contribution in [-0.4, -0.2) is 29.0 Å². The Balaban J connectivity index is 1.71. The molecule has 0 aliphatic heterocycles. The molecule has 126 valence electrons. The van der Waals surface area contributed by atoms with Crippen LogP contribution in [0.5, 0.6) is 5.75 Å². The summed E-state index contributed by atoms with van der Waals surface area (Å²) in [5.74, 6) is 3.17. The Kier molecular flexibility index (Phi) is 6.26. The first-order valence-electron chi connectivity index (χ1n) is 7.76. The number of carbonyl (C=O) groups is 1. The van der Waals surface area contributed by atoms with Gasteiger partial charge in [-0.1, -0.05) is 18.1 Å². The molecule has 2 aromatic rings. The summed E-state index contributed by atoms with van der Waals surface area (Å²) in [4.78, 5) is 11.9. The fraction of sp³-hybridized carbons (Fsp3) is 0.333. The van der Waals surface area contributed by atoms with Crippen LogP contribution in [0.25, 0.3) is 0 Å². The minimum atomic E-state index is -0.194. The van der Waals surface area contributed by atoms with Crippen molar-refractivity contribution >= 4 is 6.03 Å². The fourth-order valence-electron chi connectivity index (χ4n) is 2.19. The molecule has 1 atom stereocenters. The van der Waals surface area contributed by atoms with Crippen molar-refractivity contribution in [1.29, 1.82) is 0 Å². The van der Waals surface area contributed by atoms with Crippen LogP contribution in [-0.2, 0) is 13.5 Å². The number of nitrogens with zero attached hydrogens (tertiary/aromatic N) is 2. The van der Waals surface area contributed by atoms with E-state index in [-0.39, 0.29) is 18.7 Å². The number of urea groups is 1. The molecule has 0 bridgehead atoms. The standard InChI is InChI=1S/C18H22N4O2/c1-4-11-24-17-7-5-15(6-8-17)9-10-19-18(23)21-14(2)16-12-20-22(3)13-16/h1,5-8,12-14H,9-11H2,2-3H3,(H2,19,21,23)/t14-/m1/s1. The van der Waals surface area contributed by atoms with Crippen LogP contribution in [0.1, 0.15) is 24.1 Å². The number of hydrogen-bond donors (Lipinski definition) is 2. The predicted octanol–water partition coefficient (Wildman–Crippen LogP) is 2.03. The molecule has 0 fully saturated rings. The highest BCUT2D eigenvalue weighted by molar-refractivity contribution is 5.74. The Morgan fingerprint density at radius 3 is 2.79 bits per heavy atom. The monoisotopic (exact) mass is 326 g/mol. The van der Waals surface area contributed by atoms with E-state index >= 15 is 0 Å². The van der Waals surface area contributed by atoms with E-state index in [1.165, 1.54) is 0 Å². The Hall–Kier alpha value is -2.94. The van der Waals surface area contributed by atoms with Crippen molar-refractivity contribution in [3.63, 3.8) is 0 Å². The highest BCUT2D eigenvalue weighted by Gasteiger charge is 2.10. The largest absolute Gasteiger partial charge is 0.481 e. The summed E-state index contributed by atoms with van der Waals surface area (Å²) in [6.45, 7) is 2.73. The number of hydrogen-bond acceptors (Lipinski definition) is 3. The maximum absolute atomic E-state index is 11.9. The van der Waals surface area contributed by atoms with E-state index in [2.05, 4.69) is 21.7 Å². The topological polar surface area (TPSA) is 68.2 Å². The molecule has 0 unspecified atom stereocenters. The van der Waals surface area contributed by atoms with E-state index < -0.39 is 0 Å². The number of terminal acetylenes is 1. The molecule has 6 heteroatoms. The fourth-order valence-corrected chi connectivity index (χ4v) is 2.19. The van der Waals surface area contributed by atoms with Crippen LogP contribution >= 0.6 is 0 Å². The Morgan fingerprint density at radius 1 is 1.42 bits per heavy atom. The number of nitrogens with one attached hydrogen (secondary N) is 2. The third-order valence-corrected chi connectivity index (χ3v) is 3.52. The molecular formula is C18H22N4O2. The SMILES string of the molecule is C#CCOc1ccc(CCNC(=O)N[C@H](C)c2cnn(C)c2)cc1. The lowest BCUT2D eigenvalue weighted by Gasteiger charge is -2.13. The van der Waals surface area contributed by atoms with Gasteiger partial charge in [-0.3, -0.25) is 4.68 Å². The van der Waals surface area contributed by atoms with Gasteiger partial charge in [0, 0.05) is 25.4 Å². The Labute approximate surface area is 142 Å². The third kappa shape index (κ3) is 5.36. The molecular weight excluding hydrogens is 304 g/mol. The van der Waals surface area contributed by atoms with E-state index in [0.717, 1.165) is 23.3 Å². The average molecular weight is 326 g/mol. The first-order chi connectivity index (χ1) is 11.6. The average Bonchev–Trinajstić information content (AvgIpc) is 3.01. The number of aryl methyl sites for hydroxylation is 1. The number of aromatic nitrogens is 2. The number of carbonyl (C=O) groups excluding carboxylic acids is 1. The van der Waals surface area contributed by atoms with Gasteiger partial charge in [-0.25, -0.2) is 4.79 Å². The number of amides is 2. The maximum atomic E-state index is 11.9. The van der Waals surface area contributed by atoms with E-state index in [0.29, 0.717) is 6.54 Å². The molecule has 1 aromatic carbocycles. The van der Waals surface area contributed by atoms with Gasteiger partial charge in [-0.15, -0.1) is 6.42 Å². The van der Waals surface area contributed by atoms with Crippen LogP contribution in [0, 0.1) is 12.3 Å². The molecule has 2 amide bonds. The predicted molar refractivity (Wildman–Crippen MR) is 92.6 cm³/mol. The third-order valence-electron chi connectivity index (χ3n) is 3.52. The van der Waals surface area contributed by atoms with Crippen LogP contribution in [0.2, 0.25) is 0 Å². The zero-order valence-corrected chi connectivity index (χ0v) is 14.0. The minimum Gasteiger partial charge on any atom is -0.481 e. The molecule has 2 rings (SSSR count). The molecule has 1 heterocycles. The van der Waals surface area contributed by atoms with Crippen molar-refractivity contribution in [3.8, 4) is 18.1 Å². The summed E-state index contributed by atoms with van der Waals surface area (Å²) in [5, 5.41) is 9.83. The van der Waals surface area contributed by atoms with Gasteiger partial charge in [-0.05, 0) is 31.0 Å². The summed E-state index contributed by atoms with van der Waals surface area (Å²) in [5.41, 5.74) is 2.08. The highest BCUT2D eigenvalue weighted by atomic mass is 16.5. The van der Waals surface area contributed by atoms with Crippen LogP contribution in [0.15, 0.2) is 36.7 Å². The van der Waals surface area contributed by atoms with Crippen LogP contribution in [0.4, 0.5) is 4.79 Å². The lowest BCUT2D eigenvalue weighted by molar-refractivity contribution is 0.238. The zero-order chi connectivity index (χ0) is 17.4. The summed E-state index contributed by atoms with van der Waals surface area (Å²) in [6, 6.07) is 7.38. The minimum absolute atomic E-state index is 0.0914. The van der Waals surface area contributed by atoms with Gasteiger partial charge >= 0.3 is 6.03 Å². The molecule has 6 nitrogen and oxygen atoms in total. The van der Waals surface area contributed by atoms with Crippen molar-refractivity contribution in [2.45, 2.75) is 19.4 Å². The summed E-state index contributed by atoms with van der Waals surface area (Å²) < 4.78 is 7.03. The van der Waals surface area contributed by atoms with Gasteiger partial charge in [0.25, 0.3) is 0 Å². The van der Waals surface area contributed by atoms with Gasteiger partial charge in [0.2, 0.25) is 0 Å². The molecule has 0 spiro atoms. The van der Waals surface area contributed by atoms with Crippen LogP contribution < -0.4 is 15.4 Å². The van der Waals surface area contributed by atoms with Gasteiger partial charge in [0.15, 0.2) is 0 Å². The van der Waals surface area contributed by atoms with Crippen molar-refractivity contribution < 1.29 is 9.53 Å². The van der Waals surface area contributed by atoms with Gasteiger partial charge in [0.05, 0.1) is 12.2 Å². The Morgan fingerprint density at radius 2 is 2.17 bits per heavy atom. The molecule has 1 aromatic heterocycles. The summed E-state index contributed by atoms with van der Waals surface area (Å²) in [6.07, 6.45) is 9.52. The highest BCUT2D eigenvalue weighted by Crippen LogP contribution is 2.12. The van der Waals surface area contributed by atoms with Crippen molar-refractivity contribution in [2.75, 3.05) is 13.2 Å². The lowest BCUT2D eigenvalue weighted by Crippen LogP contribution is -2.37. The van der Waals surface area contributed by atoms with E-state index in [4.69, 9.17) is 11.2 Å². The lowest BCUT2D eigenvalue weighted by atomic mass is 10.1. The first-order valence-corrected chi connectivity index (χ1v) is 7.76. The quantitative estimate of drug-likeness (QED) is 0.765. The summed E-state index contributed by atoms with van der Waals surface area (Å²) >= 11 is 0. The van der Waals surface area contributed by atoms with Gasteiger partial charge in [0.1, 0.15) is 12.4 Å². The molecule has 0 aliphatic rings. The second-order valence-corrected chi connectivity index (χ2v) is 5.46. The molecule has 24 heavy (non-hydrogen) atoms. The smallest absolute Gasteiger partial charge is 0.315 e. The first kappa shape index (κ1) is 17.4. The second kappa shape index (κ2) is 8.63. The molecule has 0 aliphatic carbocycles. The second-order valence-electron chi connectivity index (χ2n) is 5.46. The maximum Gasteiger partial charge on any atom is 0.315 e. The zero-order valence-electron chi connectivity index (χ0n) is 14.0. The van der Waals surface area contributed by atoms with E-state index in [1.807, 2.05) is 44.4 Å². The Bertz CT molecular complexity index is 701. The molecule has 2 N–H and O–H groups in total.